The molecule has 5 nitrogen and oxygen atoms in total. The zero-order valence-electron chi connectivity index (χ0n) is 11.0. The molecule has 3 N–H and O–H groups in total. The van der Waals surface area contributed by atoms with Gasteiger partial charge in [0.2, 0.25) is 5.91 Å². The van der Waals surface area contributed by atoms with E-state index in [1.807, 2.05) is 0 Å². The Labute approximate surface area is 104 Å². The number of hydrogen-bond donors (Lipinski definition) is 2. The summed E-state index contributed by atoms with van der Waals surface area (Å²) < 4.78 is 0. The number of carbonyl (C=O) groups is 1. The molecular weight excluding hydrogens is 216 g/mol. The predicted molar refractivity (Wildman–Crippen MR) is 69.9 cm³/mol. The highest BCUT2D eigenvalue weighted by molar-refractivity contribution is 5.75. The summed E-state index contributed by atoms with van der Waals surface area (Å²) in [5, 5.41) is 2.88. The van der Waals surface area contributed by atoms with Gasteiger partial charge >= 0.3 is 0 Å². The lowest BCUT2D eigenvalue weighted by Crippen LogP contribution is -2.44. The number of piperazine rings is 1. The van der Waals surface area contributed by atoms with Gasteiger partial charge in [-0.3, -0.25) is 4.79 Å². The summed E-state index contributed by atoms with van der Waals surface area (Å²) in [6, 6.07) is 0. The molecule has 0 radical (unpaired) electrons. The highest BCUT2D eigenvalue weighted by Gasteiger charge is 2.12. The number of nitrogens with two attached hydrogens (primary N) is 1. The summed E-state index contributed by atoms with van der Waals surface area (Å²) in [5.41, 5.74) is 5.30. The Morgan fingerprint density at radius 2 is 1.94 bits per heavy atom. The second-order valence-corrected chi connectivity index (χ2v) is 4.74. The van der Waals surface area contributed by atoms with Crippen molar-refractivity contribution in [1.29, 1.82) is 0 Å². The Bertz CT molecular complexity index is 215. The molecule has 1 aliphatic rings. The third kappa shape index (κ3) is 6.61. The van der Waals surface area contributed by atoms with E-state index in [1.54, 1.807) is 0 Å². The molecule has 1 amide bonds. The normalized spacial score (nSPS) is 18.2. The van der Waals surface area contributed by atoms with E-state index in [2.05, 4.69) is 22.2 Å². The van der Waals surface area contributed by atoms with Crippen LogP contribution in [-0.4, -0.2) is 68.6 Å². The highest BCUT2D eigenvalue weighted by Crippen LogP contribution is 2.01. The van der Waals surface area contributed by atoms with E-state index in [1.165, 1.54) is 26.2 Å². The SMILES string of the molecule is CN1CCN(CCCCNC(=O)CCN)CC1. The average Bonchev–Trinajstić information content (AvgIpc) is 2.31. The van der Waals surface area contributed by atoms with Gasteiger partial charge in [-0.1, -0.05) is 0 Å². The number of hydrogen-bond acceptors (Lipinski definition) is 4. The monoisotopic (exact) mass is 242 g/mol. The molecule has 17 heavy (non-hydrogen) atoms. The van der Waals surface area contributed by atoms with Gasteiger partial charge in [0.1, 0.15) is 0 Å². The maximum Gasteiger partial charge on any atom is 0.221 e. The maximum atomic E-state index is 11.1. The molecule has 0 aromatic rings. The molecule has 0 spiro atoms. The largest absolute Gasteiger partial charge is 0.356 e. The molecule has 0 aromatic carbocycles. The summed E-state index contributed by atoms with van der Waals surface area (Å²) in [7, 11) is 2.17. The van der Waals surface area contributed by atoms with Crippen LogP contribution < -0.4 is 11.1 Å². The van der Waals surface area contributed by atoms with Gasteiger partial charge in [0.25, 0.3) is 0 Å². The first-order valence-corrected chi connectivity index (χ1v) is 6.60. The van der Waals surface area contributed by atoms with Crippen LogP contribution >= 0.6 is 0 Å². The third-order valence-electron chi connectivity index (χ3n) is 3.19. The molecule has 0 bridgehead atoms. The molecule has 1 fully saturated rings. The maximum absolute atomic E-state index is 11.1. The van der Waals surface area contributed by atoms with Crippen LogP contribution in [0.1, 0.15) is 19.3 Å². The minimum atomic E-state index is 0.0760. The van der Waals surface area contributed by atoms with Gasteiger partial charge in [0.15, 0.2) is 0 Å². The first kappa shape index (κ1) is 14.4. The zero-order valence-corrected chi connectivity index (χ0v) is 11.0. The van der Waals surface area contributed by atoms with Gasteiger partial charge in [-0.15, -0.1) is 0 Å². The number of likely N-dealkylation sites (N-methyl/N-ethyl adjacent to an activating group) is 1. The van der Waals surface area contributed by atoms with Crippen molar-refractivity contribution in [3.05, 3.63) is 0 Å². The van der Waals surface area contributed by atoms with E-state index < -0.39 is 0 Å². The van der Waals surface area contributed by atoms with Crippen molar-refractivity contribution in [3.63, 3.8) is 0 Å². The van der Waals surface area contributed by atoms with Crippen LogP contribution in [0, 0.1) is 0 Å². The summed E-state index contributed by atoms with van der Waals surface area (Å²) in [6.07, 6.45) is 2.66. The number of rotatable bonds is 7. The Morgan fingerprint density at radius 1 is 1.24 bits per heavy atom. The van der Waals surface area contributed by atoms with Gasteiger partial charge in [-0.2, -0.15) is 0 Å². The van der Waals surface area contributed by atoms with Crippen molar-refractivity contribution >= 4 is 5.91 Å². The van der Waals surface area contributed by atoms with Crippen molar-refractivity contribution in [2.45, 2.75) is 19.3 Å². The summed E-state index contributed by atoms with van der Waals surface area (Å²) in [5.74, 6) is 0.0760. The van der Waals surface area contributed by atoms with E-state index in [-0.39, 0.29) is 5.91 Å². The molecule has 1 aliphatic heterocycles. The minimum absolute atomic E-state index is 0.0760. The second kappa shape index (κ2) is 8.44. The lowest BCUT2D eigenvalue weighted by Gasteiger charge is -2.32. The van der Waals surface area contributed by atoms with Crippen LogP contribution in [0.5, 0.6) is 0 Å². The van der Waals surface area contributed by atoms with Gasteiger partial charge in [0, 0.05) is 45.7 Å². The quantitative estimate of drug-likeness (QED) is 0.590. The minimum Gasteiger partial charge on any atom is -0.356 e. The fourth-order valence-corrected chi connectivity index (χ4v) is 1.98. The zero-order chi connectivity index (χ0) is 12.5. The molecule has 1 saturated heterocycles. The topological polar surface area (TPSA) is 61.6 Å². The van der Waals surface area contributed by atoms with Gasteiger partial charge in [-0.25, -0.2) is 0 Å². The molecule has 1 heterocycles. The number of carbonyl (C=O) groups excluding carboxylic acids is 1. The van der Waals surface area contributed by atoms with E-state index in [4.69, 9.17) is 5.73 Å². The molecule has 0 aromatic heterocycles. The summed E-state index contributed by atoms with van der Waals surface area (Å²) in [4.78, 5) is 16.0. The highest BCUT2D eigenvalue weighted by atomic mass is 16.1. The molecule has 0 saturated carbocycles. The summed E-state index contributed by atoms with van der Waals surface area (Å²) >= 11 is 0. The molecule has 1 rings (SSSR count). The Kier molecular flexibility index (Phi) is 7.16. The standard InChI is InChI=1S/C12H26N4O/c1-15-8-10-16(11-9-15)7-3-2-6-14-12(17)4-5-13/h2-11,13H2,1H3,(H,14,17). The van der Waals surface area contributed by atoms with E-state index in [0.29, 0.717) is 13.0 Å². The smallest absolute Gasteiger partial charge is 0.221 e. The third-order valence-corrected chi connectivity index (χ3v) is 3.19. The van der Waals surface area contributed by atoms with Crippen molar-refractivity contribution in [2.75, 3.05) is 52.9 Å². The number of unbranched alkanes of at least 4 members (excludes halogenated alkanes) is 1. The number of nitrogens with one attached hydrogen (secondary N) is 1. The lowest BCUT2D eigenvalue weighted by molar-refractivity contribution is -0.120. The molecule has 0 unspecified atom stereocenters. The number of nitrogens with zero attached hydrogens (tertiary/aromatic N) is 2. The van der Waals surface area contributed by atoms with Crippen LogP contribution in [0.3, 0.4) is 0 Å². The van der Waals surface area contributed by atoms with Crippen molar-refractivity contribution < 1.29 is 4.79 Å². The van der Waals surface area contributed by atoms with Crippen LogP contribution in [0.25, 0.3) is 0 Å². The lowest BCUT2D eigenvalue weighted by atomic mass is 10.2. The molecular formula is C12H26N4O. The first-order valence-electron chi connectivity index (χ1n) is 6.60. The van der Waals surface area contributed by atoms with Crippen molar-refractivity contribution in [2.24, 2.45) is 5.73 Å². The fraction of sp³-hybridized carbons (Fsp3) is 0.917. The van der Waals surface area contributed by atoms with Gasteiger partial charge in [-0.05, 0) is 26.4 Å². The summed E-state index contributed by atoms with van der Waals surface area (Å²) in [6.45, 7) is 7.08. The van der Waals surface area contributed by atoms with Crippen molar-refractivity contribution in [3.8, 4) is 0 Å². The molecule has 100 valence electrons. The van der Waals surface area contributed by atoms with Gasteiger partial charge in [0.05, 0.1) is 0 Å². The van der Waals surface area contributed by atoms with Crippen LogP contribution in [0.15, 0.2) is 0 Å². The first-order chi connectivity index (χ1) is 8.22. The van der Waals surface area contributed by atoms with Crippen LogP contribution in [-0.2, 0) is 4.79 Å². The molecule has 0 atom stereocenters. The Hall–Kier alpha value is -0.650. The molecule has 5 heteroatoms. The Morgan fingerprint density at radius 3 is 2.59 bits per heavy atom. The fourth-order valence-electron chi connectivity index (χ4n) is 1.98. The average molecular weight is 242 g/mol. The van der Waals surface area contributed by atoms with Crippen LogP contribution in [0.4, 0.5) is 0 Å². The van der Waals surface area contributed by atoms with E-state index in [0.717, 1.165) is 25.9 Å². The van der Waals surface area contributed by atoms with E-state index in [9.17, 15) is 4.79 Å². The predicted octanol–water partition coefficient (Wildman–Crippen LogP) is -0.521. The Balaban J connectivity index is 1.92. The van der Waals surface area contributed by atoms with E-state index >= 15 is 0 Å². The van der Waals surface area contributed by atoms with Gasteiger partial charge < -0.3 is 20.9 Å². The van der Waals surface area contributed by atoms with Crippen molar-refractivity contribution in [1.82, 2.24) is 15.1 Å². The second-order valence-electron chi connectivity index (χ2n) is 4.74. The van der Waals surface area contributed by atoms with Crippen LogP contribution in [0.2, 0.25) is 0 Å². The molecule has 0 aliphatic carbocycles. The number of amides is 1.